The number of carbonyl (C=O) groups is 1. The third-order valence-electron chi connectivity index (χ3n) is 2.66. The molecule has 0 spiro atoms. The number of esters is 1. The summed E-state index contributed by atoms with van der Waals surface area (Å²) in [6.45, 7) is 0.0840. The third-order valence-corrected chi connectivity index (χ3v) is 2.66. The van der Waals surface area contributed by atoms with E-state index in [1.807, 2.05) is 6.07 Å². The van der Waals surface area contributed by atoms with E-state index in [1.165, 1.54) is 0 Å². The van der Waals surface area contributed by atoms with E-state index in [0.717, 1.165) is 29.8 Å². The molecule has 0 radical (unpaired) electrons. The number of halogens is 3. The Morgan fingerprint density at radius 1 is 0.950 bits per heavy atom. The molecule has 0 fully saturated rings. The number of ether oxygens (including phenoxy) is 1. The second-order valence-corrected chi connectivity index (χ2v) is 4.14. The predicted molar refractivity (Wildman–Crippen MR) is 67.0 cm³/mol. The molecule has 0 aliphatic heterocycles. The Morgan fingerprint density at radius 3 is 2.10 bits per heavy atom. The summed E-state index contributed by atoms with van der Waals surface area (Å²) in [4.78, 5) is 11.7. The molecule has 0 saturated carbocycles. The lowest BCUT2D eigenvalue weighted by Gasteiger charge is -2.08. The molecule has 0 bridgehead atoms. The molecule has 0 atom stereocenters. The van der Waals surface area contributed by atoms with Gasteiger partial charge in [-0.2, -0.15) is 13.2 Å². The van der Waals surface area contributed by atoms with Crippen molar-refractivity contribution in [3.8, 4) is 0 Å². The Bertz CT molecular complexity index is 574. The summed E-state index contributed by atoms with van der Waals surface area (Å²) < 4.78 is 42.1. The predicted octanol–water partition coefficient (Wildman–Crippen LogP) is 4.06. The largest absolute Gasteiger partial charge is 0.457 e. The van der Waals surface area contributed by atoms with Crippen LogP contribution in [0.2, 0.25) is 0 Å². The van der Waals surface area contributed by atoms with Gasteiger partial charge in [0.25, 0.3) is 0 Å². The topological polar surface area (TPSA) is 26.3 Å². The summed E-state index contributed by atoms with van der Waals surface area (Å²) in [6, 6.07) is 13.0. The summed E-state index contributed by atoms with van der Waals surface area (Å²) >= 11 is 0. The maximum absolute atomic E-state index is 12.4. The maximum Gasteiger partial charge on any atom is 0.416 e. The lowest BCUT2D eigenvalue weighted by Crippen LogP contribution is -2.08. The number of alkyl halides is 3. The van der Waals surface area contributed by atoms with Crippen molar-refractivity contribution >= 4 is 5.97 Å². The van der Waals surface area contributed by atoms with E-state index in [4.69, 9.17) is 4.74 Å². The number of rotatable bonds is 3. The monoisotopic (exact) mass is 280 g/mol. The van der Waals surface area contributed by atoms with Crippen molar-refractivity contribution in [1.82, 2.24) is 0 Å². The van der Waals surface area contributed by atoms with E-state index < -0.39 is 17.7 Å². The molecule has 104 valence electrons. The standard InChI is InChI=1S/C15H11F3O2/c16-15(17,18)13-8-6-12(7-9-13)14(19)20-10-11-4-2-1-3-5-11/h1-9H,10H2. The fourth-order valence-electron chi connectivity index (χ4n) is 1.60. The highest BCUT2D eigenvalue weighted by molar-refractivity contribution is 5.89. The maximum atomic E-state index is 12.4. The highest BCUT2D eigenvalue weighted by Crippen LogP contribution is 2.29. The van der Waals surface area contributed by atoms with Crippen LogP contribution in [0, 0.1) is 0 Å². The van der Waals surface area contributed by atoms with Gasteiger partial charge in [0, 0.05) is 0 Å². The van der Waals surface area contributed by atoms with Crippen LogP contribution in [0.4, 0.5) is 13.2 Å². The zero-order valence-electron chi connectivity index (χ0n) is 10.4. The summed E-state index contributed by atoms with van der Waals surface area (Å²) in [6.07, 6.45) is -4.41. The van der Waals surface area contributed by atoms with Gasteiger partial charge < -0.3 is 4.74 Å². The SMILES string of the molecule is O=C(OCc1ccccc1)c1ccc(C(F)(F)F)cc1. The molecule has 0 aliphatic rings. The molecule has 5 heteroatoms. The summed E-state index contributed by atoms with van der Waals surface area (Å²) in [5.41, 5.74) is 0.110. The van der Waals surface area contributed by atoms with E-state index in [-0.39, 0.29) is 12.2 Å². The van der Waals surface area contributed by atoms with E-state index in [0.29, 0.717) is 0 Å². The van der Waals surface area contributed by atoms with E-state index >= 15 is 0 Å². The quantitative estimate of drug-likeness (QED) is 0.792. The minimum Gasteiger partial charge on any atom is -0.457 e. The number of hydrogen-bond donors (Lipinski definition) is 0. The van der Waals surface area contributed by atoms with Crippen molar-refractivity contribution in [3.05, 3.63) is 71.3 Å². The normalized spacial score (nSPS) is 11.2. The van der Waals surface area contributed by atoms with Gasteiger partial charge in [-0.05, 0) is 29.8 Å². The fourth-order valence-corrected chi connectivity index (χ4v) is 1.60. The van der Waals surface area contributed by atoms with Gasteiger partial charge in [-0.1, -0.05) is 30.3 Å². The molecule has 0 heterocycles. The first-order valence-corrected chi connectivity index (χ1v) is 5.85. The highest BCUT2D eigenvalue weighted by Gasteiger charge is 2.30. The first-order chi connectivity index (χ1) is 9.47. The van der Waals surface area contributed by atoms with E-state index in [2.05, 4.69) is 0 Å². The van der Waals surface area contributed by atoms with Crippen LogP contribution in [0.25, 0.3) is 0 Å². The van der Waals surface area contributed by atoms with Crippen LogP contribution in [0.5, 0.6) is 0 Å². The Kier molecular flexibility index (Phi) is 4.08. The number of carbonyl (C=O) groups excluding carboxylic acids is 1. The van der Waals surface area contributed by atoms with Crippen LogP contribution in [-0.4, -0.2) is 5.97 Å². The average molecular weight is 280 g/mol. The minimum atomic E-state index is -4.41. The van der Waals surface area contributed by atoms with Gasteiger partial charge in [-0.25, -0.2) is 4.79 Å². The molecule has 2 aromatic carbocycles. The van der Waals surface area contributed by atoms with Crippen molar-refractivity contribution in [2.75, 3.05) is 0 Å². The smallest absolute Gasteiger partial charge is 0.416 e. The lowest BCUT2D eigenvalue weighted by molar-refractivity contribution is -0.137. The molecule has 2 nitrogen and oxygen atoms in total. The minimum absolute atomic E-state index is 0.0840. The van der Waals surface area contributed by atoms with Crippen LogP contribution in [0.3, 0.4) is 0 Å². The number of hydrogen-bond acceptors (Lipinski definition) is 2. The highest BCUT2D eigenvalue weighted by atomic mass is 19.4. The Labute approximate surface area is 113 Å². The van der Waals surface area contributed by atoms with Crippen molar-refractivity contribution < 1.29 is 22.7 Å². The van der Waals surface area contributed by atoms with Crippen molar-refractivity contribution in [2.45, 2.75) is 12.8 Å². The Morgan fingerprint density at radius 2 is 1.55 bits per heavy atom. The molecule has 0 aliphatic carbocycles. The third kappa shape index (κ3) is 3.60. The lowest BCUT2D eigenvalue weighted by atomic mass is 10.1. The molecular weight excluding hydrogens is 269 g/mol. The Balaban J connectivity index is 1.99. The first-order valence-electron chi connectivity index (χ1n) is 5.85. The summed E-state index contributed by atoms with van der Waals surface area (Å²) in [7, 11) is 0. The van der Waals surface area contributed by atoms with Crippen LogP contribution in [0.1, 0.15) is 21.5 Å². The van der Waals surface area contributed by atoms with Crippen LogP contribution in [0.15, 0.2) is 54.6 Å². The van der Waals surface area contributed by atoms with Gasteiger partial charge >= 0.3 is 12.1 Å². The van der Waals surface area contributed by atoms with Crippen molar-refractivity contribution in [2.24, 2.45) is 0 Å². The van der Waals surface area contributed by atoms with Gasteiger partial charge in [-0.15, -0.1) is 0 Å². The second kappa shape index (κ2) is 5.77. The zero-order valence-corrected chi connectivity index (χ0v) is 10.4. The van der Waals surface area contributed by atoms with Crippen molar-refractivity contribution in [3.63, 3.8) is 0 Å². The van der Waals surface area contributed by atoms with Gasteiger partial charge in [0.15, 0.2) is 0 Å². The van der Waals surface area contributed by atoms with E-state index in [1.54, 1.807) is 24.3 Å². The molecule has 0 amide bonds. The molecule has 2 rings (SSSR count). The van der Waals surface area contributed by atoms with Crippen LogP contribution in [-0.2, 0) is 17.5 Å². The molecule has 20 heavy (non-hydrogen) atoms. The number of benzene rings is 2. The molecule has 0 unspecified atom stereocenters. The summed E-state index contributed by atoms with van der Waals surface area (Å²) in [5, 5.41) is 0. The molecule has 2 aromatic rings. The molecule has 0 saturated heterocycles. The second-order valence-electron chi connectivity index (χ2n) is 4.14. The van der Waals surface area contributed by atoms with Gasteiger partial charge in [0.1, 0.15) is 6.61 Å². The van der Waals surface area contributed by atoms with Gasteiger partial charge in [-0.3, -0.25) is 0 Å². The first kappa shape index (κ1) is 14.1. The van der Waals surface area contributed by atoms with Crippen LogP contribution >= 0.6 is 0 Å². The fraction of sp³-hybridized carbons (Fsp3) is 0.133. The zero-order chi connectivity index (χ0) is 14.6. The molecule has 0 aromatic heterocycles. The summed E-state index contributed by atoms with van der Waals surface area (Å²) in [5.74, 6) is -0.650. The van der Waals surface area contributed by atoms with Crippen LogP contribution < -0.4 is 0 Å². The average Bonchev–Trinajstić information content (AvgIpc) is 2.45. The van der Waals surface area contributed by atoms with Gasteiger partial charge in [0.2, 0.25) is 0 Å². The Hall–Kier alpha value is -2.30. The van der Waals surface area contributed by atoms with E-state index in [9.17, 15) is 18.0 Å². The molecular formula is C15H11F3O2. The molecule has 0 N–H and O–H groups in total. The van der Waals surface area contributed by atoms with Crippen molar-refractivity contribution in [1.29, 1.82) is 0 Å². The van der Waals surface area contributed by atoms with Gasteiger partial charge in [0.05, 0.1) is 11.1 Å².